The third-order valence-electron chi connectivity index (χ3n) is 4.14. The number of carbonyl (C=O) groups excluding carboxylic acids is 2. The van der Waals surface area contributed by atoms with Gasteiger partial charge in [0.2, 0.25) is 0 Å². The van der Waals surface area contributed by atoms with Crippen LogP contribution in [0.2, 0.25) is 0 Å². The van der Waals surface area contributed by atoms with Gasteiger partial charge in [0.25, 0.3) is 5.79 Å². The largest absolute Gasteiger partial charge is 0.465 e. The molecule has 2 N–H and O–H groups in total. The molecule has 22 heavy (non-hydrogen) atoms. The van der Waals surface area contributed by atoms with Crippen molar-refractivity contribution in [2.75, 3.05) is 13.7 Å². The highest BCUT2D eigenvalue weighted by Gasteiger charge is 2.62. The maximum atomic E-state index is 11.9. The van der Waals surface area contributed by atoms with Crippen LogP contribution in [-0.2, 0) is 28.5 Å². The first kappa shape index (κ1) is 17.1. The van der Waals surface area contributed by atoms with Gasteiger partial charge >= 0.3 is 11.9 Å². The third kappa shape index (κ3) is 2.96. The molecule has 2 aliphatic rings. The summed E-state index contributed by atoms with van der Waals surface area (Å²) >= 11 is 0. The molecule has 126 valence electrons. The molecule has 0 aliphatic carbocycles. The fraction of sp³-hybridized carbons (Fsp3) is 0.857. The molecular formula is C14H22O8. The quantitative estimate of drug-likeness (QED) is 0.644. The van der Waals surface area contributed by atoms with E-state index in [4.69, 9.17) is 14.2 Å². The number of fused-ring (bicyclic) bond motifs is 2. The summed E-state index contributed by atoms with van der Waals surface area (Å²) in [6.07, 6.45) is -3.84. The van der Waals surface area contributed by atoms with Crippen LogP contribution in [0, 0.1) is 5.92 Å². The molecule has 0 unspecified atom stereocenters. The number of aliphatic hydroxyl groups excluding tert-OH is 2. The highest BCUT2D eigenvalue weighted by molar-refractivity contribution is 5.78. The minimum Gasteiger partial charge on any atom is -0.465 e. The standard InChI is InChI=1S/C14H22O8/c1-4-7(2)12(17)20-6-9-11-10(16)8(15)5-14(21-9,22-11)13(18)19-3/h7-11,15-16H,4-6H2,1-3H3/t7-,8+,9-,10+,11+,14-/m0/s1. The molecule has 2 aliphatic heterocycles. The van der Waals surface area contributed by atoms with Crippen molar-refractivity contribution in [2.24, 2.45) is 5.92 Å². The zero-order chi connectivity index (χ0) is 16.5. The molecule has 6 atom stereocenters. The Morgan fingerprint density at radius 3 is 2.64 bits per heavy atom. The van der Waals surface area contributed by atoms with Crippen LogP contribution in [0.5, 0.6) is 0 Å². The van der Waals surface area contributed by atoms with Crippen molar-refractivity contribution < 1.29 is 38.7 Å². The Bertz CT molecular complexity index is 439. The van der Waals surface area contributed by atoms with Crippen LogP contribution >= 0.6 is 0 Å². The normalized spacial score (nSPS) is 38.4. The van der Waals surface area contributed by atoms with Gasteiger partial charge in [0, 0.05) is 6.42 Å². The van der Waals surface area contributed by atoms with Gasteiger partial charge in [-0.25, -0.2) is 4.79 Å². The highest BCUT2D eigenvalue weighted by atomic mass is 16.8. The minimum atomic E-state index is -1.76. The zero-order valence-corrected chi connectivity index (χ0v) is 12.9. The minimum absolute atomic E-state index is 0.170. The molecular weight excluding hydrogens is 296 g/mol. The lowest BCUT2D eigenvalue weighted by Gasteiger charge is -2.34. The van der Waals surface area contributed by atoms with E-state index in [-0.39, 0.29) is 18.9 Å². The SMILES string of the molecule is CC[C@H](C)C(=O)OC[C@@H]1O[C@@]2(C(=O)OC)C[C@@H](O)[C@@H](O)[C@@H]1O2. The van der Waals surface area contributed by atoms with Crippen LogP contribution in [0.4, 0.5) is 0 Å². The predicted molar refractivity (Wildman–Crippen MR) is 71.5 cm³/mol. The number of hydrogen-bond acceptors (Lipinski definition) is 8. The first-order valence-electron chi connectivity index (χ1n) is 7.31. The summed E-state index contributed by atoms with van der Waals surface area (Å²) in [6, 6.07) is 0. The van der Waals surface area contributed by atoms with Gasteiger partial charge in [0.15, 0.2) is 0 Å². The number of aliphatic hydroxyl groups is 2. The second-order valence-corrected chi connectivity index (χ2v) is 5.68. The van der Waals surface area contributed by atoms with E-state index < -0.39 is 42.1 Å². The first-order valence-corrected chi connectivity index (χ1v) is 7.31. The number of rotatable bonds is 5. The topological polar surface area (TPSA) is 112 Å². The van der Waals surface area contributed by atoms with Crippen LogP contribution < -0.4 is 0 Å². The van der Waals surface area contributed by atoms with Gasteiger partial charge in [0.05, 0.1) is 19.1 Å². The van der Waals surface area contributed by atoms with E-state index in [2.05, 4.69) is 4.74 Å². The van der Waals surface area contributed by atoms with Crippen molar-refractivity contribution in [1.82, 2.24) is 0 Å². The Balaban J connectivity index is 2.07. The maximum Gasteiger partial charge on any atom is 0.366 e. The molecule has 2 bridgehead atoms. The van der Waals surface area contributed by atoms with Crippen molar-refractivity contribution in [1.29, 1.82) is 0 Å². The van der Waals surface area contributed by atoms with E-state index in [1.54, 1.807) is 6.92 Å². The molecule has 2 heterocycles. The van der Waals surface area contributed by atoms with E-state index in [1.165, 1.54) is 7.11 Å². The number of hydrogen-bond donors (Lipinski definition) is 2. The van der Waals surface area contributed by atoms with E-state index in [0.717, 1.165) is 0 Å². The molecule has 2 saturated heterocycles. The van der Waals surface area contributed by atoms with E-state index in [9.17, 15) is 19.8 Å². The molecule has 0 radical (unpaired) electrons. The molecule has 0 aromatic heterocycles. The molecule has 0 spiro atoms. The number of esters is 2. The lowest BCUT2D eigenvalue weighted by atomic mass is 9.96. The second kappa shape index (κ2) is 6.49. The molecule has 0 amide bonds. The fourth-order valence-corrected chi connectivity index (χ4v) is 2.57. The lowest BCUT2D eigenvalue weighted by molar-refractivity contribution is -0.246. The Kier molecular flexibility index (Phi) is 5.06. The van der Waals surface area contributed by atoms with Gasteiger partial charge in [-0.15, -0.1) is 0 Å². The highest BCUT2D eigenvalue weighted by Crippen LogP contribution is 2.41. The van der Waals surface area contributed by atoms with E-state index in [0.29, 0.717) is 6.42 Å². The van der Waals surface area contributed by atoms with Gasteiger partial charge in [-0.1, -0.05) is 13.8 Å². The van der Waals surface area contributed by atoms with Crippen LogP contribution in [0.15, 0.2) is 0 Å². The monoisotopic (exact) mass is 318 g/mol. The maximum absolute atomic E-state index is 11.9. The summed E-state index contributed by atoms with van der Waals surface area (Å²) in [4.78, 5) is 23.6. The van der Waals surface area contributed by atoms with Crippen molar-refractivity contribution in [3.63, 3.8) is 0 Å². The molecule has 2 fully saturated rings. The Hall–Kier alpha value is -1.22. The van der Waals surface area contributed by atoms with Crippen LogP contribution in [-0.4, -0.2) is 66.1 Å². The van der Waals surface area contributed by atoms with Crippen LogP contribution in [0.1, 0.15) is 26.7 Å². The first-order chi connectivity index (χ1) is 10.3. The van der Waals surface area contributed by atoms with Crippen LogP contribution in [0.3, 0.4) is 0 Å². The summed E-state index contributed by atoms with van der Waals surface area (Å²) in [6.45, 7) is 3.43. The zero-order valence-electron chi connectivity index (χ0n) is 12.9. The number of carbonyl (C=O) groups is 2. The molecule has 0 aromatic rings. The smallest absolute Gasteiger partial charge is 0.366 e. The molecule has 0 saturated carbocycles. The van der Waals surface area contributed by atoms with E-state index >= 15 is 0 Å². The fourth-order valence-electron chi connectivity index (χ4n) is 2.57. The van der Waals surface area contributed by atoms with Gasteiger partial charge in [0.1, 0.15) is 24.9 Å². The Labute approximate surface area is 128 Å². The average Bonchev–Trinajstić information content (AvgIpc) is 2.84. The van der Waals surface area contributed by atoms with Crippen molar-refractivity contribution in [3.05, 3.63) is 0 Å². The summed E-state index contributed by atoms with van der Waals surface area (Å²) in [5.74, 6) is -3.20. The van der Waals surface area contributed by atoms with Crippen molar-refractivity contribution in [3.8, 4) is 0 Å². The van der Waals surface area contributed by atoms with Crippen molar-refractivity contribution >= 4 is 11.9 Å². The van der Waals surface area contributed by atoms with Crippen molar-refractivity contribution in [2.45, 2.75) is 56.9 Å². The van der Waals surface area contributed by atoms with Gasteiger partial charge in [-0.05, 0) is 6.42 Å². The van der Waals surface area contributed by atoms with E-state index in [1.807, 2.05) is 6.92 Å². The van der Waals surface area contributed by atoms with Crippen LogP contribution in [0.25, 0.3) is 0 Å². The van der Waals surface area contributed by atoms with Gasteiger partial charge in [-0.2, -0.15) is 0 Å². The number of methoxy groups -OCH3 is 1. The van der Waals surface area contributed by atoms with Gasteiger partial charge in [-0.3, -0.25) is 4.79 Å². The summed E-state index contributed by atoms with van der Waals surface area (Å²) in [5.41, 5.74) is 0. The second-order valence-electron chi connectivity index (χ2n) is 5.68. The third-order valence-corrected chi connectivity index (χ3v) is 4.14. The lowest BCUT2D eigenvalue weighted by Crippen LogP contribution is -2.54. The Morgan fingerprint density at radius 1 is 1.36 bits per heavy atom. The summed E-state index contributed by atoms with van der Waals surface area (Å²) in [7, 11) is 1.17. The summed E-state index contributed by atoms with van der Waals surface area (Å²) < 4.78 is 20.8. The predicted octanol–water partition coefficient (Wildman–Crippen LogP) is -0.645. The summed E-state index contributed by atoms with van der Waals surface area (Å²) in [5, 5.41) is 19.8. The molecule has 2 rings (SSSR count). The molecule has 0 aromatic carbocycles. The molecule has 8 heteroatoms. The average molecular weight is 318 g/mol. The Morgan fingerprint density at radius 2 is 2.05 bits per heavy atom. The van der Waals surface area contributed by atoms with Gasteiger partial charge < -0.3 is 29.2 Å². The number of ether oxygens (including phenoxy) is 4. The molecule has 8 nitrogen and oxygen atoms in total.